The zero-order valence-corrected chi connectivity index (χ0v) is 47.1. The first-order chi connectivity index (χ1) is 42.7. The minimum absolute atomic E-state index is 0.479. The van der Waals surface area contributed by atoms with Gasteiger partial charge in [-0.2, -0.15) is 0 Å². The van der Waals surface area contributed by atoms with Crippen molar-refractivity contribution in [1.29, 1.82) is 0 Å². The Labute approximate surface area is 507 Å². The molecule has 9 aliphatic rings. The van der Waals surface area contributed by atoms with Gasteiger partial charge in [-0.25, -0.2) is 0 Å². The molecule has 0 radical (unpaired) electrons. The molecule has 0 amide bonds. The van der Waals surface area contributed by atoms with Crippen molar-refractivity contribution >= 4 is 0 Å². The van der Waals surface area contributed by atoms with Crippen LogP contribution in [0, 0.1) is 0 Å². The monoisotopic (exact) mass is 1330 g/mol. The van der Waals surface area contributed by atoms with Gasteiger partial charge in [0.15, 0.2) is 56.6 Å². The molecule has 41 heteroatoms. The molecule has 40 atom stereocenters. The molecule has 0 spiro atoms. The lowest BCUT2D eigenvalue weighted by atomic mass is 9.97. The maximum absolute atomic E-state index is 11.5. The molecule has 9 fully saturated rings. The molecule has 1 unspecified atom stereocenters. The molecule has 0 aliphatic carbocycles. The largest absolute Gasteiger partial charge is 0.394 e. The lowest BCUT2D eigenvalue weighted by Crippen LogP contribution is -2.65. The van der Waals surface area contributed by atoms with E-state index in [2.05, 4.69) is 0 Å². The molecule has 90 heavy (non-hydrogen) atoms. The molecule has 9 heterocycles. The molecule has 9 saturated heterocycles. The summed E-state index contributed by atoms with van der Waals surface area (Å²) in [6.45, 7) is -6.65. The molecule has 0 bridgehead atoms. The average Bonchev–Trinajstić information content (AvgIpc) is 2.05. The normalized spacial score (nSPS) is 53.5. The fraction of sp³-hybridized carbons (Fsp3) is 1.00. The Kier molecular flexibility index (Phi) is 25.2. The molecule has 0 saturated carbocycles. The summed E-state index contributed by atoms with van der Waals surface area (Å²) in [5.41, 5.74) is 0. The van der Waals surface area contributed by atoms with E-state index in [1.165, 1.54) is 0 Å². The van der Waals surface area contributed by atoms with Gasteiger partial charge in [0, 0.05) is 0 Å². The molecule has 9 rings (SSSR count). The minimum atomic E-state index is -2.16. The number of rotatable bonds is 25. The van der Waals surface area contributed by atoms with E-state index in [1.807, 2.05) is 0 Å². The van der Waals surface area contributed by atoms with Crippen molar-refractivity contribution in [3.8, 4) is 0 Å². The van der Waals surface area contributed by atoms with E-state index >= 15 is 0 Å². The van der Waals surface area contributed by atoms with Crippen molar-refractivity contribution in [1.82, 2.24) is 0 Å². The lowest BCUT2D eigenvalue weighted by molar-refractivity contribution is -0.379. The van der Waals surface area contributed by atoms with Crippen LogP contribution >= 0.6 is 0 Å². The molecule has 24 N–H and O–H groups in total. The molecular formula is C49H82O41. The Morgan fingerprint density at radius 2 is 0.389 bits per heavy atom. The van der Waals surface area contributed by atoms with Gasteiger partial charge >= 0.3 is 0 Å². The van der Waals surface area contributed by atoms with Crippen molar-refractivity contribution in [2.75, 3.05) is 59.5 Å². The Morgan fingerprint density at radius 1 is 0.189 bits per heavy atom. The third-order valence-corrected chi connectivity index (χ3v) is 16.9. The van der Waals surface area contributed by atoms with E-state index in [0.717, 1.165) is 0 Å². The van der Waals surface area contributed by atoms with Gasteiger partial charge < -0.3 is 203 Å². The van der Waals surface area contributed by atoms with Crippen LogP contribution in [-0.2, 0) is 80.5 Å². The highest BCUT2D eigenvalue weighted by Crippen LogP contribution is 2.36. The number of aliphatic hydroxyl groups is 24. The summed E-state index contributed by atoms with van der Waals surface area (Å²) >= 11 is 0. The molecule has 0 aromatic carbocycles. The first-order valence-corrected chi connectivity index (χ1v) is 28.7. The fourth-order valence-electron chi connectivity index (χ4n) is 11.3. The van der Waals surface area contributed by atoms with Crippen molar-refractivity contribution in [2.45, 2.75) is 246 Å². The molecule has 0 aromatic heterocycles. The Balaban J connectivity index is 0.764. The maximum Gasteiger partial charge on any atom is 0.187 e. The van der Waals surface area contributed by atoms with E-state index in [-0.39, 0.29) is 0 Å². The second-order valence-electron chi connectivity index (χ2n) is 23.0. The van der Waals surface area contributed by atoms with Gasteiger partial charge in [-0.1, -0.05) is 0 Å². The quantitative estimate of drug-likeness (QED) is 0.0404. The number of hydrogen-bond acceptors (Lipinski definition) is 41. The summed E-state index contributed by atoms with van der Waals surface area (Å²) in [5.74, 6) is 0. The second kappa shape index (κ2) is 31.3. The Bertz CT molecular complexity index is 2190. The van der Waals surface area contributed by atoms with E-state index in [4.69, 9.17) is 80.5 Å². The zero-order chi connectivity index (χ0) is 65.5. The smallest absolute Gasteiger partial charge is 0.187 e. The first kappa shape index (κ1) is 72.6. The predicted octanol–water partition coefficient (Wildman–Crippen LogP) is -17.4. The van der Waals surface area contributed by atoms with Crippen LogP contribution in [-0.4, -0.2) is 428 Å². The van der Waals surface area contributed by atoms with Crippen molar-refractivity contribution in [3.63, 3.8) is 0 Å². The van der Waals surface area contributed by atoms with E-state index in [9.17, 15) is 123 Å². The number of hydrogen-bond donors (Lipinski definition) is 24. The van der Waals surface area contributed by atoms with Gasteiger partial charge in [-0.05, 0) is 0 Å². The highest BCUT2D eigenvalue weighted by atomic mass is 16.8. The van der Waals surface area contributed by atoms with Crippen LogP contribution in [0.15, 0.2) is 0 Å². The van der Waals surface area contributed by atoms with Crippen molar-refractivity contribution in [3.05, 3.63) is 0 Å². The van der Waals surface area contributed by atoms with E-state index in [0.29, 0.717) is 0 Å². The van der Waals surface area contributed by atoms with Gasteiger partial charge in [0.05, 0.1) is 59.5 Å². The van der Waals surface area contributed by atoms with E-state index < -0.39 is 305 Å². The summed E-state index contributed by atoms with van der Waals surface area (Å²) < 4.78 is 94.8. The van der Waals surface area contributed by atoms with Crippen LogP contribution in [0.4, 0.5) is 0 Å². The fourth-order valence-corrected chi connectivity index (χ4v) is 11.3. The molecular weight excluding hydrogens is 1240 g/mol. The predicted molar refractivity (Wildman–Crippen MR) is 267 cm³/mol. The Morgan fingerprint density at radius 3 is 0.744 bits per heavy atom. The second-order valence-corrected chi connectivity index (χ2v) is 23.0. The van der Waals surface area contributed by atoms with Gasteiger partial charge in [-0.15, -0.1) is 0 Å². The standard InChI is InChI=1S/C49H82O41/c50-1-10-19(53)29(63)38(72)47(82-10)90-40-31(65)23(57)14(88-49(40)78-4-13-22(56)28(62)32(66)41(73)80-13)9-79-48-39(30(64)20(54)11(2-51)83-48)89-46-37(71)27(61)18(87-46)8-77-45-36(70)26(60)17(86-45)7-76-44-35(69)25(59)16(85-44)6-75-43-34(68)24(58)15(84-43)5-74-42-33(67)21(55)12(3-52)81-42/h10-73H,1-9H2/t10-,11-,12-,13-,14-,15-,16-,17-,18-,19-,20-,21-,22-,23-,24-,25-,26-,27-,28+,29+,30+,31+,32+,33+,34+,35+,36+,37+,38+,39+,40+,41?,42+,43+,44+,45+,46-,47-,48+,49+/m1/s1. The summed E-state index contributed by atoms with van der Waals surface area (Å²) in [4.78, 5) is 0. The third-order valence-electron chi connectivity index (χ3n) is 16.9. The summed E-state index contributed by atoms with van der Waals surface area (Å²) in [6, 6.07) is 0. The maximum atomic E-state index is 11.5. The number of ether oxygens (including phenoxy) is 17. The van der Waals surface area contributed by atoms with Crippen LogP contribution in [0.5, 0.6) is 0 Å². The third kappa shape index (κ3) is 15.4. The lowest BCUT2D eigenvalue weighted by Gasteiger charge is -2.47. The summed E-state index contributed by atoms with van der Waals surface area (Å²) in [6.07, 6.45) is -70.5. The van der Waals surface area contributed by atoms with Crippen molar-refractivity contribution < 1.29 is 203 Å². The van der Waals surface area contributed by atoms with Gasteiger partial charge in [0.25, 0.3) is 0 Å². The number of aliphatic hydroxyl groups excluding tert-OH is 24. The van der Waals surface area contributed by atoms with Gasteiger partial charge in [-0.3, -0.25) is 0 Å². The summed E-state index contributed by atoms with van der Waals surface area (Å²) in [5, 5.41) is 253. The highest BCUT2D eigenvalue weighted by Gasteiger charge is 2.57. The highest BCUT2D eigenvalue weighted by molar-refractivity contribution is 4.99. The van der Waals surface area contributed by atoms with Crippen molar-refractivity contribution in [2.24, 2.45) is 0 Å². The molecule has 9 aliphatic heterocycles. The van der Waals surface area contributed by atoms with Crippen LogP contribution in [0.1, 0.15) is 0 Å². The van der Waals surface area contributed by atoms with Gasteiger partial charge in [0.2, 0.25) is 0 Å². The average molecular weight is 1330 g/mol. The minimum Gasteiger partial charge on any atom is -0.394 e. The Hall–Kier alpha value is -1.64. The van der Waals surface area contributed by atoms with Gasteiger partial charge in [0.1, 0.15) is 189 Å². The summed E-state index contributed by atoms with van der Waals surface area (Å²) in [7, 11) is 0. The van der Waals surface area contributed by atoms with Crippen LogP contribution < -0.4 is 0 Å². The van der Waals surface area contributed by atoms with Crippen LogP contribution in [0.3, 0.4) is 0 Å². The van der Waals surface area contributed by atoms with Crippen LogP contribution in [0.2, 0.25) is 0 Å². The topological polar surface area (TPSA) is 642 Å². The molecule has 0 aromatic rings. The molecule has 524 valence electrons. The zero-order valence-electron chi connectivity index (χ0n) is 47.1. The SMILES string of the molecule is OC[C@H]1O[C@H](O[C@@H]2[C@@H](OC[C@H]3OC(O)[C@@H](O)[C@@H](O)[C@@H]3O)O[C@H](CO[C@H]3O[C@H](CO)[C@@H](O)[C@H](O)[C@@H]3O[C@H]3O[C@H](CO[C@H]4O[C@H](CO[C@H]5O[C@H](CO[C@H]6O[C@H](CO[C@H]7O[C@H](CO)[C@@H](O)[C@@H]7O)[C@@H](O)[C@@H]6O)[C@@H](O)[C@@H]5O)[C@@H](O)[C@@H]4O)[C@@H](O)[C@@H]3O)[C@@H](O)[C@@H]2O)[C@@H](O)[C@@H](O)[C@@H]1O. The van der Waals surface area contributed by atoms with Crippen LogP contribution in [0.25, 0.3) is 0 Å². The van der Waals surface area contributed by atoms with E-state index in [1.54, 1.807) is 0 Å². The first-order valence-electron chi connectivity index (χ1n) is 28.7. The molecule has 41 nitrogen and oxygen atoms in total.